The molecule has 0 fully saturated rings. The molecule has 0 saturated carbocycles. The predicted molar refractivity (Wildman–Crippen MR) is 51.5 cm³/mol. The van der Waals surface area contributed by atoms with Crippen molar-refractivity contribution < 1.29 is 0 Å². The predicted octanol–water partition coefficient (Wildman–Crippen LogP) is 3.63. The number of rotatable bonds is 2. The zero-order valence-electron chi connectivity index (χ0n) is 7.86. The second kappa shape index (κ2) is 4.76. The standard InChI is InChI=1S/C11H16/c1-6-7-10(4)8-11(5)9(2)3/h6,8H,2H2,1,3-5H3/b11-8-. The fourth-order valence-electron chi connectivity index (χ4n) is 0.717. The summed E-state index contributed by atoms with van der Waals surface area (Å²) in [5, 5.41) is 0. The Balaban J connectivity index is 4.57. The highest BCUT2D eigenvalue weighted by atomic mass is 13.9. The minimum absolute atomic E-state index is 1.11. The molecule has 0 rings (SSSR count). The average Bonchev–Trinajstić information content (AvgIpc) is 1.87. The van der Waals surface area contributed by atoms with Crippen LogP contribution in [-0.2, 0) is 0 Å². The van der Waals surface area contributed by atoms with Crippen LogP contribution in [0.2, 0.25) is 0 Å². The first-order chi connectivity index (χ1) is 5.07. The summed E-state index contributed by atoms with van der Waals surface area (Å²) in [4.78, 5) is 0. The Kier molecular flexibility index (Phi) is 4.33. The summed E-state index contributed by atoms with van der Waals surface area (Å²) in [5.74, 6) is 0. The van der Waals surface area contributed by atoms with E-state index in [-0.39, 0.29) is 0 Å². The van der Waals surface area contributed by atoms with E-state index in [2.05, 4.69) is 25.3 Å². The number of allylic oxidation sites excluding steroid dienone is 4. The molecule has 0 heterocycles. The van der Waals surface area contributed by atoms with Gasteiger partial charge in [-0.15, -0.1) is 5.73 Å². The molecule has 0 aromatic carbocycles. The summed E-state index contributed by atoms with van der Waals surface area (Å²) in [6.07, 6.45) is 4.00. The van der Waals surface area contributed by atoms with Crippen LogP contribution in [0.4, 0.5) is 0 Å². The van der Waals surface area contributed by atoms with Gasteiger partial charge in [0.15, 0.2) is 0 Å². The zero-order chi connectivity index (χ0) is 8.85. The van der Waals surface area contributed by atoms with E-state index in [1.807, 2.05) is 26.8 Å². The van der Waals surface area contributed by atoms with Crippen LogP contribution < -0.4 is 0 Å². The first-order valence-electron chi connectivity index (χ1n) is 3.80. The van der Waals surface area contributed by atoms with E-state index in [4.69, 9.17) is 0 Å². The quantitative estimate of drug-likeness (QED) is 0.414. The van der Waals surface area contributed by atoms with Crippen molar-refractivity contribution in [2.45, 2.75) is 27.7 Å². The molecule has 0 amide bonds. The molecule has 0 spiro atoms. The van der Waals surface area contributed by atoms with Crippen molar-refractivity contribution in [3.8, 4) is 0 Å². The largest absolute Gasteiger partial charge is 0.122 e. The molecule has 0 saturated heterocycles. The Labute approximate surface area is 69.6 Å². The third kappa shape index (κ3) is 4.41. The van der Waals surface area contributed by atoms with Gasteiger partial charge in [0.2, 0.25) is 0 Å². The molecule has 0 N–H and O–H groups in total. The molecule has 11 heavy (non-hydrogen) atoms. The van der Waals surface area contributed by atoms with Gasteiger partial charge in [-0.05, 0) is 51.0 Å². The van der Waals surface area contributed by atoms with Crippen LogP contribution in [0.5, 0.6) is 0 Å². The van der Waals surface area contributed by atoms with E-state index in [0.717, 1.165) is 11.1 Å². The molecule has 0 aliphatic rings. The number of hydrogen-bond acceptors (Lipinski definition) is 0. The van der Waals surface area contributed by atoms with E-state index >= 15 is 0 Å². The van der Waals surface area contributed by atoms with E-state index in [1.165, 1.54) is 5.57 Å². The molecular weight excluding hydrogens is 132 g/mol. The highest BCUT2D eigenvalue weighted by Crippen LogP contribution is 2.07. The molecule has 0 aliphatic carbocycles. The first-order valence-corrected chi connectivity index (χ1v) is 3.80. The van der Waals surface area contributed by atoms with Gasteiger partial charge < -0.3 is 0 Å². The molecule has 0 atom stereocenters. The van der Waals surface area contributed by atoms with Gasteiger partial charge >= 0.3 is 0 Å². The molecule has 0 aromatic rings. The molecule has 0 nitrogen and oxygen atoms in total. The smallest absolute Gasteiger partial charge is 0.00921 e. The molecule has 0 radical (unpaired) electrons. The van der Waals surface area contributed by atoms with Crippen molar-refractivity contribution in [2.75, 3.05) is 0 Å². The summed E-state index contributed by atoms with van der Waals surface area (Å²) in [5.41, 5.74) is 6.58. The summed E-state index contributed by atoms with van der Waals surface area (Å²) in [6, 6.07) is 0. The maximum atomic E-state index is 3.85. The SMILES string of the molecule is C=C(C)/C(C)=C\C(C)=C=CC. The van der Waals surface area contributed by atoms with Gasteiger partial charge in [-0.1, -0.05) is 12.2 Å². The lowest BCUT2D eigenvalue weighted by Gasteiger charge is -1.96. The van der Waals surface area contributed by atoms with Gasteiger partial charge in [-0.25, -0.2) is 0 Å². The van der Waals surface area contributed by atoms with Gasteiger partial charge in [0.25, 0.3) is 0 Å². The lowest BCUT2D eigenvalue weighted by atomic mass is 10.1. The molecule has 0 aliphatic heterocycles. The zero-order valence-corrected chi connectivity index (χ0v) is 7.86. The summed E-state index contributed by atoms with van der Waals surface area (Å²) in [6.45, 7) is 11.9. The molecule has 60 valence electrons. The Morgan fingerprint density at radius 2 is 1.82 bits per heavy atom. The molecular formula is C11H16. The minimum Gasteiger partial charge on any atom is -0.122 e. The van der Waals surface area contributed by atoms with Crippen LogP contribution in [0.3, 0.4) is 0 Å². The lowest BCUT2D eigenvalue weighted by molar-refractivity contribution is 1.34. The maximum Gasteiger partial charge on any atom is -0.00921 e. The van der Waals surface area contributed by atoms with Crippen LogP contribution in [0, 0.1) is 0 Å². The van der Waals surface area contributed by atoms with Crippen molar-refractivity contribution >= 4 is 0 Å². The monoisotopic (exact) mass is 148 g/mol. The van der Waals surface area contributed by atoms with E-state index in [9.17, 15) is 0 Å². The van der Waals surface area contributed by atoms with Crippen LogP contribution >= 0.6 is 0 Å². The minimum atomic E-state index is 1.11. The van der Waals surface area contributed by atoms with Crippen molar-refractivity contribution in [2.24, 2.45) is 0 Å². The molecule has 0 bridgehead atoms. The van der Waals surface area contributed by atoms with E-state index < -0.39 is 0 Å². The Morgan fingerprint density at radius 3 is 2.18 bits per heavy atom. The Bertz CT molecular complexity index is 233. The summed E-state index contributed by atoms with van der Waals surface area (Å²) < 4.78 is 0. The van der Waals surface area contributed by atoms with Gasteiger partial charge in [-0.3, -0.25) is 0 Å². The summed E-state index contributed by atoms with van der Waals surface area (Å²) >= 11 is 0. The second-order valence-electron chi connectivity index (χ2n) is 2.72. The van der Waals surface area contributed by atoms with Crippen LogP contribution in [-0.4, -0.2) is 0 Å². The fourth-order valence-corrected chi connectivity index (χ4v) is 0.717. The molecule has 0 aromatic heterocycles. The van der Waals surface area contributed by atoms with Crippen molar-refractivity contribution in [3.63, 3.8) is 0 Å². The average molecular weight is 148 g/mol. The lowest BCUT2D eigenvalue weighted by Crippen LogP contribution is -1.76. The van der Waals surface area contributed by atoms with E-state index in [0.29, 0.717) is 0 Å². The van der Waals surface area contributed by atoms with Crippen LogP contribution in [0.25, 0.3) is 0 Å². The highest BCUT2D eigenvalue weighted by Gasteiger charge is 1.87. The third-order valence-electron chi connectivity index (χ3n) is 1.48. The first kappa shape index (κ1) is 10.0. The van der Waals surface area contributed by atoms with Crippen LogP contribution in [0.15, 0.2) is 41.2 Å². The van der Waals surface area contributed by atoms with Crippen molar-refractivity contribution in [1.29, 1.82) is 0 Å². The maximum absolute atomic E-state index is 3.85. The van der Waals surface area contributed by atoms with E-state index in [1.54, 1.807) is 0 Å². The van der Waals surface area contributed by atoms with Gasteiger partial charge in [-0.2, -0.15) is 0 Å². The van der Waals surface area contributed by atoms with Crippen molar-refractivity contribution in [3.05, 3.63) is 41.2 Å². The molecule has 0 unspecified atom stereocenters. The van der Waals surface area contributed by atoms with Gasteiger partial charge in [0.1, 0.15) is 0 Å². The highest BCUT2D eigenvalue weighted by molar-refractivity contribution is 5.31. The normalized spacial score (nSPS) is 10.4. The Morgan fingerprint density at radius 1 is 1.27 bits per heavy atom. The van der Waals surface area contributed by atoms with Crippen LogP contribution in [0.1, 0.15) is 27.7 Å². The molecule has 0 heteroatoms. The topological polar surface area (TPSA) is 0 Å². The van der Waals surface area contributed by atoms with Gasteiger partial charge in [0, 0.05) is 0 Å². The second-order valence-corrected chi connectivity index (χ2v) is 2.72. The fraction of sp³-hybridized carbons (Fsp3) is 0.364. The number of hydrogen-bond donors (Lipinski definition) is 0. The third-order valence-corrected chi connectivity index (χ3v) is 1.48. The summed E-state index contributed by atoms with van der Waals surface area (Å²) in [7, 11) is 0. The van der Waals surface area contributed by atoms with Crippen molar-refractivity contribution in [1.82, 2.24) is 0 Å². The van der Waals surface area contributed by atoms with Gasteiger partial charge in [0.05, 0.1) is 0 Å². The Hall–Kier alpha value is -1.00.